The number of allylic oxidation sites excluding steroid dienone is 2. The summed E-state index contributed by atoms with van der Waals surface area (Å²) in [6.45, 7) is 15.9. The first-order valence-electron chi connectivity index (χ1n) is 10.8. The van der Waals surface area contributed by atoms with Crippen LogP contribution in [0.25, 0.3) is 5.57 Å². The summed E-state index contributed by atoms with van der Waals surface area (Å²) in [6.07, 6.45) is 1.58. The van der Waals surface area contributed by atoms with Gasteiger partial charge in [0.05, 0.1) is 22.3 Å². The fourth-order valence-corrected chi connectivity index (χ4v) is 3.53. The van der Waals surface area contributed by atoms with Gasteiger partial charge in [-0.15, -0.1) is 0 Å². The molecule has 1 aromatic carbocycles. The van der Waals surface area contributed by atoms with Crippen molar-refractivity contribution >= 4 is 17.0 Å². The van der Waals surface area contributed by atoms with Crippen molar-refractivity contribution in [2.75, 3.05) is 0 Å². The number of aryl methyl sites for hydroxylation is 2. The van der Waals surface area contributed by atoms with E-state index in [1.54, 1.807) is 24.6 Å². The maximum absolute atomic E-state index is 13.7. The predicted octanol–water partition coefficient (Wildman–Crippen LogP) is 6.04. The zero-order valence-electron chi connectivity index (χ0n) is 19.8. The van der Waals surface area contributed by atoms with E-state index in [0.29, 0.717) is 40.4 Å². The van der Waals surface area contributed by atoms with Crippen LogP contribution < -0.4 is 4.74 Å². The zero-order chi connectivity index (χ0) is 23.5. The Labute approximate surface area is 184 Å². The van der Waals surface area contributed by atoms with Crippen LogP contribution in [0.5, 0.6) is 5.88 Å². The van der Waals surface area contributed by atoms with E-state index in [-0.39, 0.29) is 17.6 Å². The summed E-state index contributed by atoms with van der Waals surface area (Å²) in [4.78, 5) is 25.0. The molecule has 0 N–H and O–H groups in total. The van der Waals surface area contributed by atoms with Crippen LogP contribution in [-0.4, -0.2) is 26.6 Å². The Hall–Kier alpha value is -2.96. The Balaban J connectivity index is 2.74. The van der Waals surface area contributed by atoms with Crippen LogP contribution in [0, 0.1) is 24.0 Å². The molecule has 0 aliphatic heterocycles. The number of rotatable bonds is 9. The number of aromatic nitrogens is 2. The van der Waals surface area contributed by atoms with Gasteiger partial charge in [0, 0.05) is 18.2 Å². The topological polar surface area (TPSA) is 87.3 Å². The highest BCUT2D eigenvalue weighted by Crippen LogP contribution is 2.35. The molecule has 2 rings (SSSR count). The number of nitro groups is 1. The Bertz CT molecular complexity index is 1030. The molecule has 0 aliphatic carbocycles. The summed E-state index contributed by atoms with van der Waals surface area (Å²) >= 11 is 0. The number of nitro benzene ring substituents is 1. The summed E-state index contributed by atoms with van der Waals surface area (Å²) in [5.74, 6) is 0.241. The van der Waals surface area contributed by atoms with Gasteiger partial charge in [0.1, 0.15) is 5.56 Å². The van der Waals surface area contributed by atoms with E-state index in [4.69, 9.17) is 4.74 Å². The monoisotopic (exact) mass is 427 g/mol. The molecule has 31 heavy (non-hydrogen) atoms. The zero-order valence-corrected chi connectivity index (χ0v) is 19.8. The third kappa shape index (κ3) is 4.86. The molecule has 0 spiro atoms. The lowest BCUT2D eigenvalue weighted by Gasteiger charge is -2.17. The van der Waals surface area contributed by atoms with Crippen molar-refractivity contribution in [1.29, 1.82) is 0 Å². The van der Waals surface area contributed by atoms with Gasteiger partial charge in [-0.2, -0.15) is 5.10 Å². The molecule has 7 heteroatoms. The molecule has 1 atom stereocenters. The smallest absolute Gasteiger partial charge is 0.277 e. The van der Waals surface area contributed by atoms with Gasteiger partial charge in [-0.05, 0) is 71.6 Å². The van der Waals surface area contributed by atoms with Crippen LogP contribution >= 0.6 is 0 Å². The summed E-state index contributed by atoms with van der Waals surface area (Å²) < 4.78 is 7.87. The van der Waals surface area contributed by atoms with Crippen LogP contribution in [-0.2, 0) is 6.54 Å². The van der Waals surface area contributed by atoms with Crippen molar-refractivity contribution in [3.05, 3.63) is 55.8 Å². The molecule has 7 nitrogen and oxygen atoms in total. The van der Waals surface area contributed by atoms with Gasteiger partial charge < -0.3 is 4.74 Å². The second-order valence-corrected chi connectivity index (χ2v) is 8.17. The van der Waals surface area contributed by atoms with Gasteiger partial charge in [0.15, 0.2) is 0 Å². The Kier molecular flexibility index (Phi) is 7.76. The molecule has 0 bridgehead atoms. The highest BCUT2D eigenvalue weighted by Gasteiger charge is 2.29. The quantitative estimate of drug-likeness (QED) is 0.277. The van der Waals surface area contributed by atoms with Crippen molar-refractivity contribution < 1.29 is 14.5 Å². The highest BCUT2D eigenvalue weighted by molar-refractivity contribution is 6.13. The average Bonchev–Trinajstić information content (AvgIpc) is 3.01. The minimum Gasteiger partial charge on any atom is -0.474 e. The summed E-state index contributed by atoms with van der Waals surface area (Å²) in [7, 11) is 0. The maximum atomic E-state index is 13.7. The van der Waals surface area contributed by atoms with Gasteiger partial charge in [-0.25, -0.2) is 4.68 Å². The minimum absolute atomic E-state index is 0.00206. The van der Waals surface area contributed by atoms with Crippen molar-refractivity contribution in [3.8, 4) is 5.88 Å². The molecule has 0 saturated heterocycles. The normalized spacial score (nSPS) is 11.9. The summed E-state index contributed by atoms with van der Waals surface area (Å²) in [6, 6.07) is 2.96. The van der Waals surface area contributed by atoms with E-state index in [1.807, 2.05) is 41.5 Å². The first-order valence-corrected chi connectivity index (χ1v) is 10.8. The third-order valence-electron chi connectivity index (χ3n) is 5.64. The van der Waals surface area contributed by atoms with Gasteiger partial charge in [-0.3, -0.25) is 14.9 Å². The summed E-state index contributed by atoms with van der Waals surface area (Å²) in [5.41, 5.74) is 4.30. The first-order chi connectivity index (χ1) is 14.5. The standard InChI is InChI=1S/C24H33N3O4/c1-9-13-26-24(31-15(5)10-2)22(18(8)25-26)23(28)19-11-12-20(27(29)30)21(17(19)7)16(6)14(3)4/h11-12,15H,9-10,13H2,1-8H3. The number of carbonyl (C=O) groups is 1. The molecular formula is C24H33N3O4. The van der Waals surface area contributed by atoms with E-state index in [0.717, 1.165) is 24.0 Å². The largest absolute Gasteiger partial charge is 0.474 e. The molecule has 0 fully saturated rings. The van der Waals surface area contributed by atoms with E-state index in [9.17, 15) is 14.9 Å². The number of ether oxygens (including phenoxy) is 1. The molecule has 1 heterocycles. The summed E-state index contributed by atoms with van der Waals surface area (Å²) in [5, 5.41) is 16.2. The molecule has 0 aliphatic rings. The second-order valence-electron chi connectivity index (χ2n) is 8.17. The van der Waals surface area contributed by atoms with Gasteiger partial charge in [-0.1, -0.05) is 19.4 Å². The maximum Gasteiger partial charge on any atom is 0.277 e. The predicted molar refractivity (Wildman–Crippen MR) is 123 cm³/mol. The van der Waals surface area contributed by atoms with Gasteiger partial charge >= 0.3 is 0 Å². The van der Waals surface area contributed by atoms with E-state index >= 15 is 0 Å². The number of hydrogen-bond acceptors (Lipinski definition) is 5. The Morgan fingerprint density at radius 3 is 2.35 bits per heavy atom. The minimum atomic E-state index is -0.398. The third-order valence-corrected chi connectivity index (χ3v) is 5.64. The lowest BCUT2D eigenvalue weighted by atomic mass is 9.90. The average molecular weight is 428 g/mol. The molecule has 168 valence electrons. The van der Waals surface area contributed by atoms with E-state index in [1.165, 1.54) is 6.07 Å². The van der Waals surface area contributed by atoms with Crippen LogP contribution in [0.2, 0.25) is 0 Å². The molecule has 1 unspecified atom stereocenters. The second kappa shape index (κ2) is 9.90. The van der Waals surface area contributed by atoms with E-state index in [2.05, 4.69) is 5.10 Å². The van der Waals surface area contributed by atoms with Gasteiger partial charge in [0.25, 0.3) is 5.69 Å². The van der Waals surface area contributed by atoms with Crippen LogP contribution in [0.3, 0.4) is 0 Å². The van der Waals surface area contributed by atoms with Crippen molar-refractivity contribution in [1.82, 2.24) is 9.78 Å². The fraction of sp³-hybridized carbons (Fsp3) is 0.500. The molecule has 0 amide bonds. The van der Waals surface area contributed by atoms with E-state index < -0.39 is 4.92 Å². The first kappa shape index (κ1) is 24.3. The molecule has 1 aromatic heterocycles. The highest BCUT2D eigenvalue weighted by atomic mass is 16.6. The van der Waals surface area contributed by atoms with Gasteiger partial charge in [0.2, 0.25) is 11.7 Å². The molecule has 2 aromatic rings. The number of hydrogen-bond donors (Lipinski definition) is 0. The van der Waals surface area contributed by atoms with Crippen LogP contribution in [0.15, 0.2) is 17.7 Å². The van der Waals surface area contributed by atoms with Crippen LogP contribution in [0.1, 0.15) is 87.1 Å². The molecular weight excluding hydrogens is 394 g/mol. The number of carbonyl (C=O) groups excluding carboxylic acids is 1. The molecule has 0 saturated carbocycles. The van der Waals surface area contributed by atoms with Crippen LogP contribution in [0.4, 0.5) is 5.69 Å². The number of nitrogens with zero attached hydrogens (tertiary/aromatic N) is 3. The van der Waals surface area contributed by atoms with Crippen molar-refractivity contribution in [2.24, 2.45) is 0 Å². The molecule has 0 radical (unpaired) electrons. The Morgan fingerprint density at radius 2 is 1.84 bits per heavy atom. The lowest BCUT2D eigenvalue weighted by Crippen LogP contribution is -2.16. The fourth-order valence-electron chi connectivity index (χ4n) is 3.53. The van der Waals surface area contributed by atoms with Crippen molar-refractivity contribution in [3.63, 3.8) is 0 Å². The lowest BCUT2D eigenvalue weighted by molar-refractivity contribution is -0.385. The Morgan fingerprint density at radius 1 is 1.19 bits per heavy atom. The number of ketones is 1. The SMILES string of the molecule is CCCn1nc(C)c(C(=O)c2ccc([N+](=O)[O-])c(C(C)=C(C)C)c2C)c1OC(C)CC. The number of benzene rings is 1. The van der Waals surface area contributed by atoms with Crippen molar-refractivity contribution in [2.45, 2.75) is 80.9 Å².